The third-order valence-corrected chi connectivity index (χ3v) is 3.57. The third-order valence-electron chi connectivity index (χ3n) is 3.57. The summed E-state index contributed by atoms with van der Waals surface area (Å²) in [6.45, 7) is 0.240. The molecule has 0 aromatic heterocycles. The van der Waals surface area contributed by atoms with Crippen LogP contribution in [0.15, 0.2) is 78.9 Å². The maximum atomic E-state index is 11.9. The van der Waals surface area contributed by atoms with Crippen molar-refractivity contribution in [2.24, 2.45) is 0 Å². The average Bonchev–Trinajstić information content (AvgIpc) is 2.62. The van der Waals surface area contributed by atoms with Crippen molar-refractivity contribution in [3.05, 3.63) is 84.4 Å². The Morgan fingerprint density at radius 1 is 0.880 bits per heavy atom. The molecule has 1 amide bonds. The van der Waals surface area contributed by atoms with Crippen molar-refractivity contribution >= 4 is 29.9 Å². The summed E-state index contributed by atoms with van der Waals surface area (Å²) in [5.41, 5.74) is 10.1. The van der Waals surface area contributed by atoms with Crippen molar-refractivity contribution in [2.75, 3.05) is 11.1 Å². The van der Waals surface area contributed by atoms with Gasteiger partial charge in [0.05, 0.1) is 0 Å². The van der Waals surface area contributed by atoms with Gasteiger partial charge in [0.15, 0.2) is 0 Å². The molecule has 0 aliphatic rings. The molecule has 3 aromatic carbocycles. The lowest BCUT2D eigenvalue weighted by Gasteiger charge is -2.09. The molecule has 4 nitrogen and oxygen atoms in total. The van der Waals surface area contributed by atoms with E-state index in [2.05, 4.69) is 5.32 Å². The van der Waals surface area contributed by atoms with Crippen LogP contribution in [0.2, 0.25) is 0 Å². The van der Waals surface area contributed by atoms with Gasteiger partial charge in [-0.25, -0.2) is 4.79 Å². The highest BCUT2D eigenvalue weighted by Crippen LogP contribution is 2.23. The van der Waals surface area contributed by atoms with Crippen molar-refractivity contribution in [1.82, 2.24) is 0 Å². The molecule has 0 bridgehead atoms. The normalized spacial score (nSPS) is 9.76. The fourth-order valence-corrected chi connectivity index (χ4v) is 2.33. The number of hydrogen-bond donors (Lipinski definition) is 2. The molecule has 0 saturated heterocycles. The zero-order chi connectivity index (χ0) is 16.8. The number of carbonyl (C=O) groups excluding carboxylic acids is 1. The predicted octanol–water partition coefficient (Wildman–Crippen LogP) is 5.11. The Morgan fingerprint density at radius 2 is 1.60 bits per heavy atom. The molecular formula is C20H19ClN2O2. The van der Waals surface area contributed by atoms with Crippen molar-refractivity contribution in [2.45, 2.75) is 6.61 Å². The van der Waals surface area contributed by atoms with E-state index in [0.29, 0.717) is 5.69 Å². The Kier molecular flexibility index (Phi) is 6.43. The number of amides is 1. The first-order valence-electron chi connectivity index (χ1n) is 7.64. The summed E-state index contributed by atoms with van der Waals surface area (Å²) in [7, 11) is 0. The number of rotatable bonds is 4. The fraction of sp³-hybridized carbons (Fsp3) is 0.0500. The monoisotopic (exact) mass is 354 g/mol. The molecule has 0 spiro atoms. The summed E-state index contributed by atoms with van der Waals surface area (Å²) in [5, 5.41) is 2.75. The van der Waals surface area contributed by atoms with Gasteiger partial charge >= 0.3 is 6.09 Å². The van der Waals surface area contributed by atoms with Gasteiger partial charge in [-0.3, -0.25) is 5.32 Å². The Morgan fingerprint density at radius 3 is 2.32 bits per heavy atom. The van der Waals surface area contributed by atoms with E-state index in [1.165, 1.54) is 0 Å². The molecule has 3 N–H and O–H groups in total. The smallest absolute Gasteiger partial charge is 0.411 e. The standard InChI is InChI=1S/C20H18N2O2.ClH/c21-18-11-9-16(10-12-18)17-7-4-8-19(13-17)22-20(23)24-14-15-5-2-1-3-6-15;/h1-13H,14,21H2,(H,22,23);1H. The lowest BCUT2D eigenvalue weighted by atomic mass is 10.0. The van der Waals surface area contributed by atoms with Gasteiger partial charge in [0.1, 0.15) is 6.61 Å². The quantitative estimate of drug-likeness (QED) is 0.640. The van der Waals surface area contributed by atoms with Crippen molar-refractivity contribution in [3.63, 3.8) is 0 Å². The number of nitrogen functional groups attached to an aromatic ring is 1. The van der Waals surface area contributed by atoms with Gasteiger partial charge in [-0.05, 0) is 41.0 Å². The number of ether oxygens (including phenoxy) is 1. The summed E-state index contributed by atoms with van der Waals surface area (Å²) in [4.78, 5) is 11.9. The number of hydrogen-bond acceptors (Lipinski definition) is 3. The first-order valence-corrected chi connectivity index (χ1v) is 7.64. The van der Waals surface area contributed by atoms with Crippen LogP contribution in [0.3, 0.4) is 0 Å². The Labute approximate surface area is 153 Å². The molecule has 3 rings (SSSR count). The minimum absolute atomic E-state index is 0. The molecule has 5 heteroatoms. The predicted molar refractivity (Wildman–Crippen MR) is 104 cm³/mol. The van der Waals surface area contributed by atoms with E-state index in [9.17, 15) is 4.79 Å². The zero-order valence-corrected chi connectivity index (χ0v) is 14.3. The van der Waals surface area contributed by atoms with Crippen molar-refractivity contribution < 1.29 is 9.53 Å². The molecule has 0 aliphatic heterocycles. The SMILES string of the molecule is Cl.Nc1ccc(-c2cccc(NC(=O)OCc3ccccc3)c2)cc1. The second-order valence-corrected chi connectivity index (χ2v) is 5.39. The van der Waals surface area contributed by atoms with Gasteiger partial charge in [-0.1, -0.05) is 54.6 Å². The molecule has 0 unspecified atom stereocenters. The van der Waals surface area contributed by atoms with Crippen LogP contribution in [0, 0.1) is 0 Å². The molecule has 0 heterocycles. The summed E-state index contributed by atoms with van der Waals surface area (Å²) in [6, 6.07) is 24.7. The molecule has 25 heavy (non-hydrogen) atoms. The van der Waals surface area contributed by atoms with Gasteiger partial charge in [0, 0.05) is 11.4 Å². The Balaban J connectivity index is 0.00000225. The highest BCUT2D eigenvalue weighted by Gasteiger charge is 2.05. The Hall–Kier alpha value is -2.98. The van der Waals surface area contributed by atoms with Crippen LogP contribution < -0.4 is 11.1 Å². The number of nitrogens with two attached hydrogens (primary N) is 1. The van der Waals surface area contributed by atoms with Gasteiger partial charge in [-0.2, -0.15) is 0 Å². The highest BCUT2D eigenvalue weighted by atomic mass is 35.5. The first-order chi connectivity index (χ1) is 11.7. The number of nitrogens with one attached hydrogen (secondary N) is 1. The van der Waals surface area contributed by atoms with Gasteiger partial charge in [0.2, 0.25) is 0 Å². The summed E-state index contributed by atoms with van der Waals surface area (Å²) in [6.07, 6.45) is -0.478. The number of halogens is 1. The molecule has 3 aromatic rings. The van der Waals surface area contributed by atoms with E-state index in [1.807, 2.05) is 78.9 Å². The van der Waals surface area contributed by atoms with Crippen molar-refractivity contribution in [1.29, 1.82) is 0 Å². The summed E-state index contributed by atoms with van der Waals surface area (Å²) < 4.78 is 5.23. The molecule has 128 valence electrons. The average molecular weight is 355 g/mol. The maximum Gasteiger partial charge on any atom is 0.411 e. The fourth-order valence-electron chi connectivity index (χ4n) is 2.33. The third kappa shape index (κ3) is 5.26. The van der Waals surface area contributed by atoms with Crippen molar-refractivity contribution in [3.8, 4) is 11.1 Å². The van der Waals surface area contributed by atoms with Crippen LogP contribution in [-0.2, 0) is 11.3 Å². The summed E-state index contributed by atoms with van der Waals surface area (Å²) >= 11 is 0. The van der Waals surface area contributed by atoms with Crippen LogP contribution in [0.1, 0.15) is 5.56 Å². The van der Waals surface area contributed by atoms with E-state index >= 15 is 0 Å². The van der Waals surface area contributed by atoms with E-state index < -0.39 is 6.09 Å². The van der Waals surface area contributed by atoms with E-state index in [0.717, 1.165) is 22.4 Å². The number of benzene rings is 3. The topological polar surface area (TPSA) is 64.3 Å². The second kappa shape index (κ2) is 8.76. The lowest BCUT2D eigenvalue weighted by molar-refractivity contribution is 0.155. The molecule has 0 atom stereocenters. The molecule has 0 fully saturated rings. The van der Waals surface area contributed by atoms with Crippen LogP contribution >= 0.6 is 12.4 Å². The highest BCUT2D eigenvalue weighted by molar-refractivity contribution is 5.86. The van der Waals surface area contributed by atoms with Crippen LogP contribution in [0.25, 0.3) is 11.1 Å². The minimum atomic E-state index is -0.478. The second-order valence-electron chi connectivity index (χ2n) is 5.39. The van der Waals surface area contributed by atoms with E-state index in [4.69, 9.17) is 10.5 Å². The number of anilines is 2. The van der Waals surface area contributed by atoms with E-state index in [1.54, 1.807) is 0 Å². The molecular weight excluding hydrogens is 336 g/mol. The lowest BCUT2D eigenvalue weighted by Crippen LogP contribution is -2.13. The zero-order valence-electron chi connectivity index (χ0n) is 13.5. The number of carbonyl (C=O) groups is 1. The molecule has 0 radical (unpaired) electrons. The van der Waals surface area contributed by atoms with Gasteiger partial charge in [0.25, 0.3) is 0 Å². The van der Waals surface area contributed by atoms with Crippen LogP contribution in [0.5, 0.6) is 0 Å². The maximum absolute atomic E-state index is 11.9. The van der Waals surface area contributed by atoms with E-state index in [-0.39, 0.29) is 19.0 Å². The molecule has 0 saturated carbocycles. The van der Waals surface area contributed by atoms with Crippen LogP contribution in [-0.4, -0.2) is 6.09 Å². The Bertz CT molecular complexity index is 821. The van der Waals surface area contributed by atoms with Crippen LogP contribution in [0.4, 0.5) is 16.2 Å². The molecule has 0 aliphatic carbocycles. The largest absolute Gasteiger partial charge is 0.444 e. The summed E-state index contributed by atoms with van der Waals surface area (Å²) in [5.74, 6) is 0. The minimum Gasteiger partial charge on any atom is -0.444 e. The van der Waals surface area contributed by atoms with Gasteiger partial charge < -0.3 is 10.5 Å². The van der Waals surface area contributed by atoms with Gasteiger partial charge in [-0.15, -0.1) is 12.4 Å². The first kappa shape index (κ1) is 18.4.